The molecule has 1 amide bonds. The van der Waals surface area contributed by atoms with Gasteiger partial charge in [0.05, 0.1) is 6.04 Å². The van der Waals surface area contributed by atoms with Crippen molar-refractivity contribution in [1.82, 2.24) is 4.90 Å². The number of carbonyl (C=O) groups excluding carboxylic acids is 1. The van der Waals surface area contributed by atoms with Gasteiger partial charge in [-0.05, 0) is 50.4 Å². The van der Waals surface area contributed by atoms with Crippen molar-refractivity contribution < 1.29 is 14.7 Å². The van der Waals surface area contributed by atoms with Gasteiger partial charge in [-0.1, -0.05) is 25.5 Å². The summed E-state index contributed by atoms with van der Waals surface area (Å²) in [6.07, 6.45) is 3.41. The Labute approximate surface area is 131 Å². The third-order valence-corrected chi connectivity index (χ3v) is 4.34. The Bertz CT molecular complexity index is 527. The number of carboxylic acid groups (broad SMARTS) is 1. The molecule has 22 heavy (non-hydrogen) atoms. The number of aryl methyl sites for hydroxylation is 1. The van der Waals surface area contributed by atoms with Gasteiger partial charge in [-0.15, -0.1) is 0 Å². The van der Waals surface area contributed by atoms with Crippen LogP contribution in [0.2, 0.25) is 0 Å². The van der Waals surface area contributed by atoms with Gasteiger partial charge < -0.3 is 10.4 Å². The standard InChI is InChI=1S/C17H24N2O3/c1-3-13-7-9-14(10-8-13)18-16(20)12(2)19-11-5-4-6-15(19)17(21)22/h7-10,12,15H,3-6,11H2,1-2H3,(H,18,20)(H,21,22). The first-order chi connectivity index (χ1) is 10.5. The fraction of sp³-hybridized carbons (Fsp3) is 0.529. The lowest BCUT2D eigenvalue weighted by atomic mass is 10.00. The summed E-state index contributed by atoms with van der Waals surface area (Å²) in [6.45, 7) is 4.51. The Morgan fingerprint density at radius 3 is 2.59 bits per heavy atom. The Morgan fingerprint density at radius 1 is 1.32 bits per heavy atom. The highest BCUT2D eigenvalue weighted by Crippen LogP contribution is 2.21. The van der Waals surface area contributed by atoms with Crippen LogP contribution < -0.4 is 5.32 Å². The zero-order valence-electron chi connectivity index (χ0n) is 13.2. The van der Waals surface area contributed by atoms with Crippen molar-refractivity contribution in [3.8, 4) is 0 Å². The lowest BCUT2D eigenvalue weighted by Crippen LogP contribution is -2.53. The molecule has 2 rings (SSSR count). The van der Waals surface area contributed by atoms with Gasteiger partial charge in [0, 0.05) is 5.69 Å². The van der Waals surface area contributed by atoms with Crippen LogP contribution in [0, 0.1) is 0 Å². The topological polar surface area (TPSA) is 69.6 Å². The van der Waals surface area contributed by atoms with Gasteiger partial charge in [0.15, 0.2) is 0 Å². The van der Waals surface area contributed by atoms with E-state index in [1.54, 1.807) is 11.8 Å². The van der Waals surface area contributed by atoms with Crippen molar-refractivity contribution in [3.05, 3.63) is 29.8 Å². The van der Waals surface area contributed by atoms with E-state index >= 15 is 0 Å². The smallest absolute Gasteiger partial charge is 0.320 e. The quantitative estimate of drug-likeness (QED) is 0.877. The van der Waals surface area contributed by atoms with Crippen molar-refractivity contribution in [2.75, 3.05) is 11.9 Å². The number of nitrogens with zero attached hydrogens (tertiary/aromatic N) is 1. The Hall–Kier alpha value is -1.88. The van der Waals surface area contributed by atoms with Crippen molar-refractivity contribution in [1.29, 1.82) is 0 Å². The van der Waals surface area contributed by atoms with Crippen molar-refractivity contribution >= 4 is 17.6 Å². The number of nitrogens with one attached hydrogen (secondary N) is 1. The van der Waals surface area contributed by atoms with Gasteiger partial charge >= 0.3 is 5.97 Å². The molecule has 0 aliphatic carbocycles. The average molecular weight is 304 g/mol. The number of hydrogen-bond acceptors (Lipinski definition) is 3. The lowest BCUT2D eigenvalue weighted by Gasteiger charge is -2.36. The molecule has 1 aliphatic heterocycles. The maximum absolute atomic E-state index is 12.4. The molecule has 0 saturated carbocycles. The van der Waals surface area contributed by atoms with Crippen LogP contribution in [0.25, 0.3) is 0 Å². The van der Waals surface area contributed by atoms with Gasteiger partial charge in [0.25, 0.3) is 0 Å². The van der Waals surface area contributed by atoms with Crippen LogP contribution in [0.1, 0.15) is 38.7 Å². The second kappa shape index (κ2) is 7.40. The first-order valence-corrected chi connectivity index (χ1v) is 7.91. The van der Waals surface area contributed by atoms with E-state index in [-0.39, 0.29) is 5.91 Å². The van der Waals surface area contributed by atoms with Gasteiger partial charge in [-0.3, -0.25) is 14.5 Å². The second-order valence-corrected chi connectivity index (χ2v) is 5.80. The molecular weight excluding hydrogens is 280 g/mol. The zero-order chi connectivity index (χ0) is 16.1. The van der Waals surface area contributed by atoms with Gasteiger partial charge in [0.1, 0.15) is 6.04 Å². The molecule has 5 nitrogen and oxygen atoms in total. The highest BCUT2D eigenvalue weighted by Gasteiger charge is 2.34. The number of amides is 1. The van der Waals surface area contributed by atoms with Crippen molar-refractivity contribution in [2.45, 2.75) is 51.6 Å². The molecule has 1 saturated heterocycles. The maximum Gasteiger partial charge on any atom is 0.320 e. The van der Waals surface area contributed by atoms with E-state index in [2.05, 4.69) is 12.2 Å². The predicted molar refractivity (Wildman–Crippen MR) is 85.9 cm³/mol. The summed E-state index contributed by atoms with van der Waals surface area (Å²) in [5, 5.41) is 12.2. The summed E-state index contributed by atoms with van der Waals surface area (Å²) in [5.74, 6) is -0.996. The Kier molecular flexibility index (Phi) is 5.55. The average Bonchev–Trinajstić information content (AvgIpc) is 2.54. The van der Waals surface area contributed by atoms with Crippen molar-refractivity contribution in [3.63, 3.8) is 0 Å². The minimum atomic E-state index is -0.841. The number of anilines is 1. The SMILES string of the molecule is CCc1ccc(NC(=O)C(C)N2CCCCC2C(=O)O)cc1. The molecule has 0 radical (unpaired) electrons. The molecule has 1 aliphatic rings. The summed E-state index contributed by atoms with van der Waals surface area (Å²) >= 11 is 0. The summed E-state index contributed by atoms with van der Waals surface area (Å²) < 4.78 is 0. The first kappa shape index (κ1) is 16.5. The molecule has 2 unspecified atom stereocenters. The Balaban J connectivity index is 2.02. The predicted octanol–water partition coefficient (Wildman–Crippen LogP) is 2.52. The molecule has 0 aromatic heterocycles. The molecule has 2 atom stereocenters. The fourth-order valence-corrected chi connectivity index (χ4v) is 2.90. The summed E-state index contributed by atoms with van der Waals surface area (Å²) in [5.41, 5.74) is 1.96. The number of benzene rings is 1. The van der Waals surface area contributed by atoms with Gasteiger partial charge in [0.2, 0.25) is 5.91 Å². The Morgan fingerprint density at radius 2 is 2.00 bits per heavy atom. The lowest BCUT2D eigenvalue weighted by molar-refractivity contribution is -0.146. The first-order valence-electron chi connectivity index (χ1n) is 7.91. The summed E-state index contributed by atoms with van der Waals surface area (Å²) in [4.78, 5) is 25.5. The highest BCUT2D eigenvalue weighted by molar-refractivity contribution is 5.95. The molecule has 5 heteroatoms. The molecule has 0 bridgehead atoms. The molecule has 1 aromatic rings. The van der Waals surface area contributed by atoms with E-state index in [0.29, 0.717) is 13.0 Å². The zero-order valence-corrected chi connectivity index (χ0v) is 13.2. The molecule has 1 fully saturated rings. The molecule has 2 N–H and O–H groups in total. The minimum Gasteiger partial charge on any atom is -0.480 e. The third kappa shape index (κ3) is 3.85. The van der Waals surface area contributed by atoms with Crippen LogP contribution in [-0.4, -0.2) is 40.5 Å². The molecule has 0 spiro atoms. The number of carboxylic acids is 1. The third-order valence-electron chi connectivity index (χ3n) is 4.34. The van der Waals surface area contributed by atoms with Gasteiger partial charge in [-0.2, -0.15) is 0 Å². The van der Waals surface area contributed by atoms with Crippen LogP contribution in [0.3, 0.4) is 0 Å². The monoisotopic (exact) mass is 304 g/mol. The van der Waals surface area contributed by atoms with E-state index in [4.69, 9.17) is 0 Å². The van der Waals surface area contributed by atoms with Crippen LogP contribution in [0.15, 0.2) is 24.3 Å². The van der Waals surface area contributed by atoms with E-state index < -0.39 is 18.1 Å². The van der Waals surface area contributed by atoms with E-state index in [1.165, 1.54) is 5.56 Å². The number of likely N-dealkylation sites (tertiary alicyclic amines) is 1. The normalized spacial score (nSPS) is 20.4. The number of aliphatic carboxylic acids is 1. The largest absolute Gasteiger partial charge is 0.480 e. The number of hydrogen-bond donors (Lipinski definition) is 2. The van der Waals surface area contributed by atoms with Crippen LogP contribution in [-0.2, 0) is 16.0 Å². The van der Waals surface area contributed by atoms with Crippen LogP contribution in [0.4, 0.5) is 5.69 Å². The van der Waals surface area contributed by atoms with Crippen molar-refractivity contribution in [2.24, 2.45) is 0 Å². The van der Waals surface area contributed by atoms with E-state index in [0.717, 1.165) is 24.9 Å². The fourth-order valence-electron chi connectivity index (χ4n) is 2.90. The summed E-state index contributed by atoms with van der Waals surface area (Å²) in [7, 11) is 0. The number of piperidine rings is 1. The van der Waals surface area contributed by atoms with Crippen LogP contribution >= 0.6 is 0 Å². The van der Waals surface area contributed by atoms with Gasteiger partial charge in [-0.25, -0.2) is 0 Å². The number of carbonyl (C=O) groups is 2. The molecule has 1 heterocycles. The highest BCUT2D eigenvalue weighted by atomic mass is 16.4. The maximum atomic E-state index is 12.4. The minimum absolute atomic E-state index is 0.155. The van der Waals surface area contributed by atoms with Crippen LogP contribution in [0.5, 0.6) is 0 Å². The second-order valence-electron chi connectivity index (χ2n) is 5.80. The summed E-state index contributed by atoms with van der Waals surface area (Å²) in [6, 6.07) is 6.73. The van der Waals surface area contributed by atoms with E-state index in [1.807, 2.05) is 24.3 Å². The van der Waals surface area contributed by atoms with E-state index in [9.17, 15) is 14.7 Å². The molecule has 1 aromatic carbocycles. The number of rotatable bonds is 5. The molecule has 120 valence electrons. The molecular formula is C17H24N2O3.